The van der Waals surface area contributed by atoms with Crippen LogP contribution < -0.4 is 10.6 Å². The molecule has 180 valence electrons. The number of benzene rings is 3. The summed E-state index contributed by atoms with van der Waals surface area (Å²) >= 11 is 14.3. The van der Waals surface area contributed by atoms with Gasteiger partial charge in [-0.15, -0.1) is 10.2 Å². The van der Waals surface area contributed by atoms with E-state index in [-0.39, 0.29) is 12.6 Å². The van der Waals surface area contributed by atoms with Crippen molar-refractivity contribution < 1.29 is 4.79 Å². The van der Waals surface area contributed by atoms with Crippen molar-refractivity contribution in [3.05, 3.63) is 99.3 Å². The van der Waals surface area contributed by atoms with Crippen LogP contribution in [0.25, 0.3) is 5.69 Å². The number of aryl methyl sites for hydroxylation is 2. The van der Waals surface area contributed by atoms with Gasteiger partial charge in [-0.3, -0.25) is 4.57 Å². The van der Waals surface area contributed by atoms with Crippen molar-refractivity contribution in [1.82, 2.24) is 20.1 Å². The van der Waals surface area contributed by atoms with Gasteiger partial charge in [-0.25, -0.2) is 4.79 Å². The van der Waals surface area contributed by atoms with Crippen molar-refractivity contribution in [2.45, 2.75) is 37.7 Å². The zero-order chi connectivity index (χ0) is 24.8. The van der Waals surface area contributed by atoms with E-state index in [9.17, 15) is 4.79 Å². The van der Waals surface area contributed by atoms with Gasteiger partial charge in [0.15, 0.2) is 11.0 Å². The number of hydrogen-bond acceptors (Lipinski definition) is 4. The molecule has 4 rings (SSSR count). The smallest absolute Gasteiger partial charge is 0.319 e. The van der Waals surface area contributed by atoms with Gasteiger partial charge in [-0.1, -0.05) is 83.8 Å². The fraction of sp³-hybridized carbons (Fsp3) is 0.192. The highest BCUT2D eigenvalue weighted by Gasteiger charge is 2.18. The predicted molar refractivity (Wildman–Crippen MR) is 144 cm³/mol. The third-order valence-corrected chi connectivity index (χ3v) is 6.85. The van der Waals surface area contributed by atoms with Crippen LogP contribution in [0.15, 0.2) is 71.9 Å². The number of aromatic nitrogens is 3. The number of hydrogen-bond donors (Lipinski definition) is 2. The monoisotopic (exact) mass is 525 g/mol. The molecule has 0 saturated heterocycles. The fourth-order valence-electron chi connectivity index (χ4n) is 3.56. The molecule has 3 aromatic carbocycles. The first-order chi connectivity index (χ1) is 16.9. The second-order valence-electron chi connectivity index (χ2n) is 7.97. The average molecular weight is 526 g/mol. The molecule has 1 aromatic heterocycles. The Morgan fingerprint density at radius 3 is 2.60 bits per heavy atom. The van der Waals surface area contributed by atoms with Gasteiger partial charge in [0, 0.05) is 16.5 Å². The summed E-state index contributed by atoms with van der Waals surface area (Å²) < 4.78 is 1.84. The van der Waals surface area contributed by atoms with Crippen LogP contribution in [-0.2, 0) is 18.7 Å². The molecule has 0 saturated carbocycles. The third-order valence-electron chi connectivity index (χ3n) is 5.30. The van der Waals surface area contributed by atoms with E-state index < -0.39 is 0 Å². The maximum Gasteiger partial charge on any atom is 0.319 e. The molecular weight excluding hydrogens is 501 g/mol. The average Bonchev–Trinajstić information content (AvgIpc) is 3.25. The molecule has 6 nitrogen and oxygen atoms in total. The Morgan fingerprint density at radius 2 is 1.80 bits per heavy atom. The quantitative estimate of drug-likeness (QED) is 0.241. The summed E-state index contributed by atoms with van der Waals surface area (Å²) in [6.07, 6.45) is 0.892. The second kappa shape index (κ2) is 11.6. The molecule has 0 aliphatic carbocycles. The van der Waals surface area contributed by atoms with Crippen molar-refractivity contribution in [1.29, 1.82) is 0 Å². The number of rotatable bonds is 8. The number of carbonyl (C=O) groups is 1. The van der Waals surface area contributed by atoms with Gasteiger partial charge in [0.25, 0.3) is 0 Å². The fourth-order valence-corrected chi connectivity index (χ4v) is 4.84. The number of nitrogens with one attached hydrogen (secondary N) is 2. The van der Waals surface area contributed by atoms with Crippen molar-refractivity contribution in [3.8, 4) is 5.69 Å². The summed E-state index contributed by atoms with van der Waals surface area (Å²) in [7, 11) is 0. The summed E-state index contributed by atoms with van der Waals surface area (Å²) in [6, 6.07) is 21.0. The standard InChI is InChI=1S/C26H25Cl2N5OS/c1-3-18-7-5-9-21(13-18)30-25(34)29-15-24-31-32-26(35-16-19-8-4-6-17(2)12-19)33(24)23-14-20(27)10-11-22(23)28/h4-14H,3,15-16H2,1-2H3,(H2,29,30,34). The first-order valence-corrected chi connectivity index (χ1v) is 12.9. The largest absolute Gasteiger partial charge is 0.331 e. The van der Waals surface area contributed by atoms with Crippen LogP contribution in [0.4, 0.5) is 10.5 Å². The summed E-state index contributed by atoms with van der Waals surface area (Å²) in [5.41, 5.74) is 4.91. The zero-order valence-electron chi connectivity index (χ0n) is 19.4. The molecule has 0 unspecified atom stereocenters. The van der Waals surface area contributed by atoms with Crippen LogP contribution >= 0.6 is 35.0 Å². The van der Waals surface area contributed by atoms with Crippen LogP contribution in [-0.4, -0.2) is 20.8 Å². The number of carbonyl (C=O) groups excluding carboxylic acids is 1. The van der Waals surface area contributed by atoms with E-state index in [1.807, 2.05) is 34.9 Å². The summed E-state index contributed by atoms with van der Waals surface area (Å²) in [5.74, 6) is 1.25. The molecule has 0 atom stereocenters. The van der Waals surface area contributed by atoms with E-state index in [2.05, 4.69) is 52.9 Å². The molecule has 0 spiro atoms. The molecule has 9 heteroatoms. The molecule has 0 radical (unpaired) electrons. The number of amides is 2. The first kappa shape index (κ1) is 25.1. The minimum atomic E-state index is -0.334. The predicted octanol–water partition coefficient (Wildman–Crippen LogP) is 7.06. The first-order valence-electron chi connectivity index (χ1n) is 11.1. The molecule has 0 aliphatic rings. The number of thioether (sulfide) groups is 1. The zero-order valence-corrected chi connectivity index (χ0v) is 21.7. The van der Waals surface area contributed by atoms with E-state index in [0.717, 1.165) is 17.7 Å². The Hall–Kier alpha value is -3.00. The van der Waals surface area contributed by atoms with Gasteiger partial charge in [-0.05, 0) is 54.8 Å². The minimum Gasteiger partial charge on any atom is -0.331 e. The molecule has 2 N–H and O–H groups in total. The highest BCUT2D eigenvalue weighted by Crippen LogP contribution is 2.31. The number of urea groups is 1. The van der Waals surface area contributed by atoms with Crippen molar-refractivity contribution in [3.63, 3.8) is 0 Å². The van der Waals surface area contributed by atoms with E-state index in [1.165, 1.54) is 22.9 Å². The van der Waals surface area contributed by atoms with Crippen LogP contribution in [0.3, 0.4) is 0 Å². The van der Waals surface area contributed by atoms with Crippen molar-refractivity contribution in [2.75, 3.05) is 5.32 Å². The Bertz CT molecular complexity index is 1340. The Balaban J connectivity index is 1.55. The lowest BCUT2D eigenvalue weighted by atomic mass is 10.1. The van der Waals surface area contributed by atoms with E-state index in [1.54, 1.807) is 18.2 Å². The van der Waals surface area contributed by atoms with Crippen molar-refractivity contribution >= 4 is 46.7 Å². The van der Waals surface area contributed by atoms with Gasteiger partial charge in [0.05, 0.1) is 17.3 Å². The maximum atomic E-state index is 12.6. The van der Waals surface area contributed by atoms with Crippen molar-refractivity contribution in [2.24, 2.45) is 0 Å². The number of halogens is 2. The second-order valence-corrected chi connectivity index (χ2v) is 9.76. The number of nitrogens with zero attached hydrogens (tertiary/aromatic N) is 3. The summed E-state index contributed by atoms with van der Waals surface area (Å²) in [6.45, 7) is 4.29. The summed E-state index contributed by atoms with van der Waals surface area (Å²) in [5, 5.41) is 16.2. The molecule has 0 bridgehead atoms. The van der Waals surface area contributed by atoms with Crippen LogP contribution in [0, 0.1) is 6.92 Å². The van der Waals surface area contributed by atoms with E-state index in [4.69, 9.17) is 23.2 Å². The third kappa shape index (κ3) is 6.57. The van der Waals surface area contributed by atoms with Gasteiger partial charge in [-0.2, -0.15) is 0 Å². The highest BCUT2D eigenvalue weighted by atomic mass is 35.5. The van der Waals surface area contributed by atoms with Gasteiger partial charge in [0.1, 0.15) is 0 Å². The molecule has 4 aromatic rings. The van der Waals surface area contributed by atoms with Crippen LogP contribution in [0.1, 0.15) is 29.4 Å². The topological polar surface area (TPSA) is 71.8 Å². The maximum absolute atomic E-state index is 12.6. The Labute approximate surface area is 219 Å². The molecule has 1 heterocycles. The molecular formula is C26H25Cl2N5OS. The molecule has 0 aliphatic heterocycles. The molecule has 2 amide bonds. The lowest BCUT2D eigenvalue weighted by Gasteiger charge is -2.13. The van der Waals surface area contributed by atoms with Gasteiger partial charge in [0.2, 0.25) is 0 Å². The van der Waals surface area contributed by atoms with Gasteiger partial charge >= 0.3 is 6.03 Å². The van der Waals surface area contributed by atoms with Crippen LogP contribution in [0.5, 0.6) is 0 Å². The lowest BCUT2D eigenvalue weighted by molar-refractivity contribution is 0.251. The molecule has 35 heavy (non-hydrogen) atoms. The Kier molecular flexibility index (Phi) is 8.33. The lowest BCUT2D eigenvalue weighted by Crippen LogP contribution is -2.29. The SMILES string of the molecule is CCc1cccc(NC(=O)NCc2nnc(SCc3cccc(C)c3)n2-c2cc(Cl)ccc2Cl)c1. The van der Waals surface area contributed by atoms with E-state index in [0.29, 0.717) is 32.5 Å². The minimum absolute atomic E-state index is 0.153. The summed E-state index contributed by atoms with van der Waals surface area (Å²) in [4.78, 5) is 12.6. The number of anilines is 1. The molecule has 0 fully saturated rings. The normalized spacial score (nSPS) is 10.9. The Morgan fingerprint density at radius 1 is 1.00 bits per heavy atom. The van der Waals surface area contributed by atoms with Gasteiger partial charge < -0.3 is 10.6 Å². The van der Waals surface area contributed by atoms with Crippen LogP contribution in [0.2, 0.25) is 10.0 Å². The van der Waals surface area contributed by atoms with E-state index >= 15 is 0 Å². The highest BCUT2D eigenvalue weighted by molar-refractivity contribution is 7.98.